The van der Waals surface area contributed by atoms with E-state index in [1.165, 1.54) is 0 Å². The van der Waals surface area contributed by atoms with Gasteiger partial charge in [0.05, 0.1) is 0 Å². The van der Waals surface area contributed by atoms with Crippen LogP contribution in [0.5, 0.6) is 0 Å². The van der Waals surface area contributed by atoms with Crippen LogP contribution in [-0.2, 0) is 4.79 Å². The third-order valence-electron chi connectivity index (χ3n) is 1.54. The number of nitrogens with zero attached hydrogens (tertiary/aromatic N) is 1. The van der Waals surface area contributed by atoms with Crippen molar-refractivity contribution in [2.24, 2.45) is 0 Å². The topological polar surface area (TPSA) is 40.5 Å². The van der Waals surface area contributed by atoms with Crippen LogP contribution in [0.1, 0.15) is 33.6 Å². The normalized spacial score (nSPS) is 9.08. The second-order valence-electron chi connectivity index (χ2n) is 2.63. The van der Waals surface area contributed by atoms with Gasteiger partial charge in [0.25, 0.3) is 0 Å². The van der Waals surface area contributed by atoms with Crippen LogP contribution >= 0.6 is 0 Å². The van der Waals surface area contributed by atoms with Crippen LogP contribution in [0.4, 0.5) is 0 Å². The molecule has 0 aliphatic carbocycles. The van der Waals surface area contributed by atoms with Gasteiger partial charge < -0.3 is 10.0 Å². The van der Waals surface area contributed by atoms with Gasteiger partial charge in [-0.3, -0.25) is 4.79 Å². The molecule has 0 saturated heterocycles. The lowest BCUT2D eigenvalue weighted by Crippen LogP contribution is -2.15. The van der Waals surface area contributed by atoms with Gasteiger partial charge in [0.1, 0.15) is 0 Å². The molecule has 0 spiro atoms. The first-order valence-electron chi connectivity index (χ1n) is 4.48. The smallest absolute Gasteiger partial charge is 0.303 e. The predicted molar refractivity (Wildman–Crippen MR) is 51.4 cm³/mol. The van der Waals surface area contributed by atoms with Crippen LogP contribution in [0.15, 0.2) is 0 Å². The van der Waals surface area contributed by atoms with E-state index >= 15 is 0 Å². The molecule has 74 valence electrons. The molecule has 0 saturated carbocycles. The van der Waals surface area contributed by atoms with Crippen molar-refractivity contribution in [1.82, 2.24) is 4.90 Å². The van der Waals surface area contributed by atoms with Crippen molar-refractivity contribution in [3.05, 3.63) is 0 Å². The zero-order valence-electron chi connectivity index (χ0n) is 8.63. The number of carboxylic acids is 1. The third kappa shape index (κ3) is 16.2. The highest BCUT2D eigenvalue weighted by Gasteiger charge is 1.87. The van der Waals surface area contributed by atoms with Crippen LogP contribution in [-0.4, -0.2) is 36.1 Å². The van der Waals surface area contributed by atoms with Crippen molar-refractivity contribution < 1.29 is 9.90 Å². The summed E-state index contributed by atoms with van der Waals surface area (Å²) < 4.78 is 0. The zero-order chi connectivity index (χ0) is 9.98. The summed E-state index contributed by atoms with van der Waals surface area (Å²) in [6.45, 7) is 8.48. The molecule has 0 fully saturated rings. The largest absolute Gasteiger partial charge is 0.481 e. The molecule has 0 aromatic heterocycles. The maximum Gasteiger partial charge on any atom is 0.303 e. The van der Waals surface area contributed by atoms with Gasteiger partial charge >= 0.3 is 5.97 Å². The zero-order valence-corrected chi connectivity index (χ0v) is 8.63. The Balaban J connectivity index is 0. The maximum atomic E-state index is 9.60. The van der Waals surface area contributed by atoms with E-state index in [2.05, 4.69) is 25.8 Å². The Morgan fingerprint density at radius 1 is 1.25 bits per heavy atom. The SMILES string of the molecule is CCCC(=O)O.CCN(C)CC. The average molecular weight is 175 g/mol. The number of rotatable bonds is 4. The summed E-state index contributed by atoms with van der Waals surface area (Å²) in [5, 5.41) is 7.91. The summed E-state index contributed by atoms with van der Waals surface area (Å²) >= 11 is 0. The van der Waals surface area contributed by atoms with E-state index in [0.29, 0.717) is 6.42 Å². The molecule has 0 heterocycles. The fourth-order valence-electron chi connectivity index (χ4n) is 0.437. The lowest BCUT2D eigenvalue weighted by atomic mass is 10.4. The fourth-order valence-corrected chi connectivity index (χ4v) is 0.437. The molecule has 0 aliphatic heterocycles. The summed E-state index contributed by atoms with van der Waals surface area (Å²) in [4.78, 5) is 11.8. The van der Waals surface area contributed by atoms with Crippen molar-refractivity contribution in [2.75, 3.05) is 20.1 Å². The van der Waals surface area contributed by atoms with Gasteiger partial charge in [-0.1, -0.05) is 20.8 Å². The van der Waals surface area contributed by atoms with Gasteiger partial charge in [-0.15, -0.1) is 0 Å². The van der Waals surface area contributed by atoms with E-state index in [0.717, 1.165) is 19.5 Å². The first-order valence-corrected chi connectivity index (χ1v) is 4.48. The van der Waals surface area contributed by atoms with Crippen LogP contribution < -0.4 is 0 Å². The Kier molecular flexibility index (Phi) is 12.2. The number of hydrogen-bond donors (Lipinski definition) is 1. The first kappa shape index (κ1) is 14.0. The number of carbonyl (C=O) groups is 1. The summed E-state index contributed by atoms with van der Waals surface area (Å²) in [5.74, 6) is -0.711. The molecule has 0 atom stereocenters. The van der Waals surface area contributed by atoms with E-state index in [1.54, 1.807) is 0 Å². The molecular weight excluding hydrogens is 154 g/mol. The highest BCUT2D eigenvalue weighted by molar-refractivity contribution is 5.66. The highest BCUT2D eigenvalue weighted by atomic mass is 16.4. The number of hydrogen-bond acceptors (Lipinski definition) is 2. The fraction of sp³-hybridized carbons (Fsp3) is 0.889. The van der Waals surface area contributed by atoms with Gasteiger partial charge in [0.15, 0.2) is 0 Å². The molecule has 0 amide bonds. The van der Waals surface area contributed by atoms with E-state index in [9.17, 15) is 4.79 Å². The Hall–Kier alpha value is -0.570. The molecule has 12 heavy (non-hydrogen) atoms. The Morgan fingerprint density at radius 3 is 1.67 bits per heavy atom. The summed E-state index contributed by atoms with van der Waals surface area (Å²) in [6, 6.07) is 0. The van der Waals surface area contributed by atoms with E-state index in [-0.39, 0.29) is 0 Å². The van der Waals surface area contributed by atoms with Crippen LogP contribution in [0.25, 0.3) is 0 Å². The standard InChI is InChI=1S/C5H13N.C4H8O2/c1-4-6(3)5-2;1-2-3-4(5)6/h4-5H2,1-3H3;2-3H2,1H3,(H,5,6). The molecule has 0 radical (unpaired) electrons. The Morgan fingerprint density at radius 2 is 1.67 bits per heavy atom. The van der Waals surface area contributed by atoms with Crippen molar-refractivity contribution in [3.63, 3.8) is 0 Å². The molecule has 0 rings (SSSR count). The van der Waals surface area contributed by atoms with Crippen molar-refractivity contribution >= 4 is 5.97 Å². The van der Waals surface area contributed by atoms with E-state index in [4.69, 9.17) is 5.11 Å². The lowest BCUT2D eigenvalue weighted by Gasteiger charge is -2.07. The molecular formula is C9H21NO2. The summed E-state index contributed by atoms with van der Waals surface area (Å²) in [7, 11) is 2.11. The minimum atomic E-state index is -0.711. The van der Waals surface area contributed by atoms with Gasteiger partial charge in [0, 0.05) is 6.42 Å². The van der Waals surface area contributed by atoms with Crippen LogP contribution in [0, 0.1) is 0 Å². The van der Waals surface area contributed by atoms with Crippen molar-refractivity contribution in [3.8, 4) is 0 Å². The van der Waals surface area contributed by atoms with Gasteiger partial charge in [-0.05, 0) is 26.6 Å². The van der Waals surface area contributed by atoms with Gasteiger partial charge in [-0.25, -0.2) is 0 Å². The molecule has 3 nitrogen and oxygen atoms in total. The second-order valence-corrected chi connectivity index (χ2v) is 2.63. The van der Waals surface area contributed by atoms with Crippen molar-refractivity contribution in [1.29, 1.82) is 0 Å². The summed E-state index contributed by atoms with van der Waals surface area (Å²) in [5.41, 5.74) is 0. The highest BCUT2D eigenvalue weighted by Crippen LogP contribution is 1.82. The Bertz CT molecular complexity index is 101. The monoisotopic (exact) mass is 175 g/mol. The van der Waals surface area contributed by atoms with E-state index < -0.39 is 5.97 Å². The first-order chi connectivity index (χ1) is 5.58. The average Bonchev–Trinajstić information content (AvgIpc) is 2.04. The quantitative estimate of drug-likeness (QED) is 0.708. The second kappa shape index (κ2) is 10.4. The van der Waals surface area contributed by atoms with Crippen LogP contribution in [0.2, 0.25) is 0 Å². The number of carboxylic acid groups (broad SMARTS) is 1. The third-order valence-corrected chi connectivity index (χ3v) is 1.54. The summed E-state index contributed by atoms with van der Waals surface area (Å²) in [6.07, 6.45) is 1.02. The molecule has 0 unspecified atom stereocenters. The predicted octanol–water partition coefficient (Wildman–Crippen LogP) is 1.83. The van der Waals surface area contributed by atoms with E-state index in [1.807, 2.05) is 6.92 Å². The molecule has 0 bridgehead atoms. The lowest BCUT2D eigenvalue weighted by molar-refractivity contribution is -0.137. The molecule has 1 N–H and O–H groups in total. The van der Waals surface area contributed by atoms with Crippen LogP contribution in [0.3, 0.4) is 0 Å². The molecule has 0 aromatic carbocycles. The minimum Gasteiger partial charge on any atom is -0.481 e. The van der Waals surface area contributed by atoms with Crippen molar-refractivity contribution in [2.45, 2.75) is 33.6 Å². The maximum absolute atomic E-state index is 9.60. The molecule has 3 heteroatoms. The molecule has 0 aromatic rings. The van der Waals surface area contributed by atoms with Gasteiger partial charge in [0.2, 0.25) is 0 Å². The molecule has 0 aliphatic rings. The van der Waals surface area contributed by atoms with Gasteiger partial charge in [-0.2, -0.15) is 0 Å². The Labute approximate surface area is 75.4 Å². The number of aliphatic carboxylic acids is 1. The minimum absolute atomic E-state index is 0.292.